The molecule has 0 aliphatic rings. The highest BCUT2D eigenvalue weighted by molar-refractivity contribution is 6.39. The van der Waals surface area contributed by atoms with Gasteiger partial charge in [0.05, 0.1) is 0 Å². The number of hydrogen-bond acceptors (Lipinski definition) is 4. The van der Waals surface area contributed by atoms with Gasteiger partial charge in [0.2, 0.25) is 0 Å². The third kappa shape index (κ3) is 3.68. The van der Waals surface area contributed by atoms with Crippen molar-refractivity contribution in [3.05, 3.63) is 59.5 Å². The first-order valence-electron chi connectivity index (χ1n) is 7.92. The Balaban J connectivity index is 1.68. The number of anilines is 1. The summed E-state index contributed by atoms with van der Waals surface area (Å²) in [4.78, 5) is 30.1. The average Bonchev–Trinajstić information content (AvgIpc) is 2.95. The van der Waals surface area contributed by atoms with Gasteiger partial charge in [-0.1, -0.05) is 24.3 Å². The molecular weight excluding hydrogens is 318 g/mol. The minimum Gasteiger partial charge on any atom is -0.441 e. The Morgan fingerprint density at radius 1 is 1.16 bits per heavy atom. The zero-order valence-corrected chi connectivity index (χ0v) is 14.4. The van der Waals surface area contributed by atoms with E-state index in [4.69, 9.17) is 4.42 Å². The van der Waals surface area contributed by atoms with Crippen LogP contribution in [0.15, 0.2) is 46.9 Å². The lowest BCUT2D eigenvalue weighted by Gasteiger charge is -2.18. The van der Waals surface area contributed by atoms with Crippen molar-refractivity contribution >= 4 is 28.6 Å². The minimum atomic E-state index is -0.688. The number of amides is 2. The van der Waals surface area contributed by atoms with E-state index in [1.54, 1.807) is 32.2 Å². The Morgan fingerprint density at radius 3 is 2.68 bits per heavy atom. The van der Waals surface area contributed by atoms with Gasteiger partial charge in [-0.25, -0.2) is 4.98 Å². The number of benzene rings is 2. The number of rotatable bonds is 3. The number of likely N-dealkylation sites (N-methyl/N-ethyl adjacent to an activating group) is 1. The zero-order valence-electron chi connectivity index (χ0n) is 14.4. The van der Waals surface area contributed by atoms with Crippen molar-refractivity contribution in [1.82, 2.24) is 9.88 Å². The molecule has 128 valence electrons. The molecule has 1 heterocycles. The largest absolute Gasteiger partial charge is 0.441 e. The Labute approximate surface area is 145 Å². The summed E-state index contributed by atoms with van der Waals surface area (Å²) in [7, 11) is 1.61. The maximum atomic E-state index is 12.3. The third-order valence-corrected chi connectivity index (χ3v) is 3.96. The van der Waals surface area contributed by atoms with E-state index in [0.29, 0.717) is 29.2 Å². The summed E-state index contributed by atoms with van der Waals surface area (Å²) in [5, 5.41) is 2.61. The number of aryl methyl sites for hydroxylation is 2. The molecule has 0 radical (unpaired) electrons. The van der Waals surface area contributed by atoms with E-state index in [-0.39, 0.29) is 0 Å². The SMILES string of the molecule is Cc1nc2ccc(NC(=O)C(=O)N(C)Cc3ccccc3C)cc2o1. The van der Waals surface area contributed by atoms with Gasteiger partial charge in [0.15, 0.2) is 11.5 Å². The molecule has 0 saturated carbocycles. The van der Waals surface area contributed by atoms with Crippen LogP contribution in [0.4, 0.5) is 5.69 Å². The van der Waals surface area contributed by atoms with Crippen LogP contribution >= 0.6 is 0 Å². The van der Waals surface area contributed by atoms with Crippen molar-refractivity contribution in [1.29, 1.82) is 0 Å². The molecule has 2 aromatic carbocycles. The third-order valence-electron chi connectivity index (χ3n) is 3.96. The van der Waals surface area contributed by atoms with Gasteiger partial charge in [-0.05, 0) is 30.2 Å². The van der Waals surface area contributed by atoms with E-state index in [1.165, 1.54) is 4.90 Å². The summed E-state index contributed by atoms with van der Waals surface area (Å²) in [6.07, 6.45) is 0. The molecule has 1 N–H and O–H groups in total. The van der Waals surface area contributed by atoms with Crippen molar-refractivity contribution in [3.63, 3.8) is 0 Å². The standard InChI is InChI=1S/C19H19N3O3/c1-12-6-4-5-7-14(12)11-22(3)19(24)18(23)21-15-8-9-16-17(10-15)25-13(2)20-16/h4-10H,11H2,1-3H3,(H,21,23). The first-order valence-corrected chi connectivity index (χ1v) is 7.92. The van der Waals surface area contributed by atoms with Crippen molar-refractivity contribution in [2.75, 3.05) is 12.4 Å². The van der Waals surface area contributed by atoms with Crippen LogP contribution < -0.4 is 5.32 Å². The van der Waals surface area contributed by atoms with Crippen LogP contribution in [-0.4, -0.2) is 28.7 Å². The van der Waals surface area contributed by atoms with E-state index in [0.717, 1.165) is 11.1 Å². The smallest absolute Gasteiger partial charge is 0.313 e. The lowest BCUT2D eigenvalue weighted by atomic mass is 10.1. The summed E-state index contributed by atoms with van der Waals surface area (Å²) >= 11 is 0. The van der Waals surface area contributed by atoms with E-state index in [1.807, 2.05) is 31.2 Å². The second-order valence-corrected chi connectivity index (χ2v) is 5.96. The Hall–Kier alpha value is -3.15. The molecule has 25 heavy (non-hydrogen) atoms. The van der Waals surface area contributed by atoms with Gasteiger partial charge in [0.1, 0.15) is 5.52 Å². The molecular formula is C19H19N3O3. The molecule has 0 bridgehead atoms. The summed E-state index contributed by atoms with van der Waals surface area (Å²) in [5.74, 6) is -0.740. The normalized spacial score (nSPS) is 10.7. The van der Waals surface area contributed by atoms with Crippen LogP contribution in [0.5, 0.6) is 0 Å². The molecule has 0 unspecified atom stereocenters. The first-order chi connectivity index (χ1) is 11.9. The van der Waals surface area contributed by atoms with Crippen LogP contribution in [0, 0.1) is 13.8 Å². The number of nitrogens with one attached hydrogen (secondary N) is 1. The molecule has 6 nitrogen and oxygen atoms in total. The van der Waals surface area contributed by atoms with E-state index in [2.05, 4.69) is 10.3 Å². The fourth-order valence-corrected chi connectivity index (χ4v) is 2.59. The first kappa shape index (κ1) is 16.7. The second kappa shape index (κ2) is 6.76. The molecule has 3 aromatic rings. The molecule has 0 spiro atoms. The zero-order chi connectivity index (χ0) is 18.0. The molecule has 1 aromatic heterocycles. The molecule has 0 atom stereocenters. The van der Waals surface area contributed by atoms with Gasteiger partial charge in [0.25, 0.3) is 0 Å². The van der Waals surface area contributed by atoms with Gasteiger partial charge in [-0.3, -0.25) is 9.59 Å². The van der Waals surface area contributed by atoms with Crippen LogP contribution in [0.2, 0.25) is 0 Å². The highest BCUT2D eigenvalue weighted by atomic mass is 16.3. The second-order valence-electron chi connectivity index (χ2n) is 5.96. The van der Waals surface area contributed by atoms with Crippen LogP contribution in [-0.2, 0) is 16.1 Å². The monoisotopic (exact) mass is 337 g/mol. The molecule has 0 fully saturated rings. The van der Waals surface area contributed by atoms with E-state index >= 15 is 0 Å². The molecule has 3 rings (SSSR count). The van der Waals surface area contributed by atoms with Crippen molar-refractivity contribution < 1.29 is 14.0 Å². The summed E-state index contributed by atoms with van der Waals surface area (Å²) in [5.41, 5.74) is 3.85. The van der Waals surface area contributed by atoms with Crippen LogP contribution in [0.3, 0.4) is 0 Å². The summed E-state index contributed by atoms with van der Waals surface area (Å²) in [6, 6.07) is 12.9. The molecule has 0 aliphatic heterocycles. The highest BCUT2D eigenvalue weighted by Crippen LogP contribution is 2.20. The van der Waals surface area contributed by atoms with Crippen molar-refractivity contribution in [2.24, 2.45) is 0 Å². The topological polar surface area (TPSA) is 75.4 Å². The van der Waals surface area contributed by atoms with Crippen molar-refractivity contribution in [3.8, 4) is 0 Å². The maximum absolute atomic E-state index is 12.3. The number of aromatic nitrogens is 1. The van der Waals surface area contributed by atoms with Gasteiger partial charge in [0, 0.05) is 32.3 Å². The highest BCUT2D eigenvalue weighted by Gasteiger charge is 2.19. The lowest BCUT2D eigenvalue weighted by Crippen LogP contribution is -2.36. The van der Waals surface area contributed by atoms with Gasteiger partial charge in [-0.2, -0.15) is 0 Å². The summed E-state index contributed by atoms with van der Waals surface area (Å²) in [6.45, 7) is 4.10. The van der Waals surface area contributed by atoms with Crippen molar-refractivity contribution in [2.45, 2.75) is 20.4 Å². The number of fused-ring (bicyclic) bond motifs is 1. The van der Waals surface area contributed by atoms with E-state index < -0.39 is 11.8 Å². The quantitative estimate of drug-likeness (QED) is 0.745. The maximum Gasteiger partial charge on any atom is 0.313 e. The average molecular weight is 337 g/mol. The van der Waals surface area contributed by atoms with Gasteiger partial charge in [-0.15, -0.1) is 0 Å². The Morgan fingerprint density at radius 2 is 1.92 bits per heavy atom. The number of hydrogen-bond donors (Lipinski definition) is 1. The number of carbonyl (C=O) groups is 2. The van der Waals surface area contributed by atoms with Gasteiger partial charge < -0.3 is 14.6 Å². The fourth-order valence-electron chi connectivity index (χ4n) is 2.59. The molecule has 6 heteroatoms. The Kier molecular flexibility index (Phi) is 4.52. The Bertz CT molecular complexity index is 946. The lowest BCUT2D eigenvalue weighted by molar-refractivity contribution is -0.142. The molecule has 0 aliphatic carbocycles. The predicted octanol–water partition coefficient (Wildman–Crippen LogP) is 3.04. The van der Waals surface area contributed by atoms with E-state index in [9.17, 15) is 9.59 Å². The number of nitrogens with zero attached hydrogens (tertiary/aromatic N) is 2. The fraction of sp³-hybridized carbons (Fsp3) is 0.211. The van der Waals surface area contributed by atoms with Crippen LogP contribution in [0.25, 0.3) is 11.1 Å². The number of carbonyl (C=O) groups excluding carboxylic acids is 2. The van der Waals surface area contributed by atoms with Gasteiger partial charge >= 0.3 is 11.8 Å². The molecule has 2 amide bonds. The number of oxazole rings is 1. The van der Waals surface area contributed by atoms with Crippen LogP contribution in [0.1, 0.15) is 17.0 Å². The summed E-state index contributed by atoms with van der Waals surface area (Å²) < 4.78 is 5.43. The predicted molar refractivity (Wildman–Crippen MR) is 95.0 cm³/mol. The minimum absolute atomic E-state index is 0.374. The molecule has 0 saturated heterocycles.